The minimum atomic E-state index is -0.656. The molecule has 0 fully saturated rings. The summed E-state index contributed by atoms with van der Waals surface area (Å²) in [6, 6.07) is 4.05. The molecule has 1 aromatic carbocycles. The Hall–Kier alpha value is -1.16. The van der Waals surface area contributed by atoms with E-state index in [9.17, 15) is 14.0 Å². The van der Waals surface area contributed by atoms with Crippen LogP contribution in [-0.4, -0.2) is 17.8 Å². The molecule has 0 radical (unpaired) electrons. The average Bonchev–Trinajstić information content (AvgIpc) is 2.16. The van der Waals surface area contributed by atoms with Gasteiger partial charge in [-0.15, -0.1) is 11.8 Å². The third-order valence-corrected chi connectivity index (χ3v) is 2.50. The zero-order valence-electron chi connectivity index (χ0n) is 7.83. The van der Waals surface area contributed by atoms with Crippen LogP contribution in [0.1, 0.15) is 17.3 Å². The molecule has 0 aliphatic heterocycles. The fraction of sp³-hybridized carbons (Fsp3) is 0.200. The molecule has 0 spiro atoms. The van der Waals surface area contributed by atoms with Gasteiger partial charge in [-0.2, -0.15) is 0 Å². The van der Waals surface area contributed by atoms with Crippen molar-refractivity contribution in [3.05, 3.63) is 29.6 Å². The molecule has 0 aliphatic carbocycles. The Balaban J connectivity index is 3.09. The van der Waals surface area contributed by atoms with Crippen molar-refractivity contribution in [1.82, 2.24) is 0 Å². The van der Waals surface area contributed by atoms with E-state index in [0.29, 0.717) is 4.90 Å². The first-order valence-corrected chi connectivity index (χ1v) is 5.17. The number of carbonyl (C=O) groups excluding carboxylic acids is 2. The van der Waals surface area contributed by atoms with E-state index in [4.69, 9.17) is 0 Å². The lowest BCUT2D eigenvalue weighted by atomic mass is 10.1. The first-order valence-electron chi connectivity index (χ1n) is 3.95. The van der Waals surface area contributed by atoms with Crippen molar-refractivity contribution in [2.24, 2.45) is 0 Å². The maximum absolute atomic E-state index is 13.2. The van der Waals surface area contributed by atoms with E-state index in [1.54, 1.807) is 6.26 Å². The summed E-state index contributed by atoms with van der Waals surface area (Å²) < 4.78 is 13.2. The Bertz CT molecular complexity index is 388. The molecule has 1 rings (SSSR count). The molecule has 0 amide bonds. The van der Waals surface area contributed by atoms with E-state index in [2.05, 4.69) is 0 Å². The smallest absolute Gasteiger partial charge is 0.228 e. The number of ketones is 2. The van der Waals surface area contributed by atoms with Gasteiger partial charge in [0.15, 0.2) is 5.78 Å². The normalized spacial score (nSPS) is 9.93. The molecule has 0 aliphatic rings. The van der Waals surface area contributed by atoms with Gasteiger partial charge in [-0.3, -0.25) is 9.59 Å². The topological polar surface area (TPSA) is 34.1 Å². The first-order chi connectivity index (χ1) is 6.56. The molecule has 0 atom stereocenters. The van der Waals surface area contributed by atoms with Crippen LogP contribution in [0.5, 0.6) is 0 Å². The number of rotatable bonds is 3. The van der Waals surface area contributed by atoms with Crippen LogP contribution < -0.4 is 0 Å². The maximum Gasteiger partial charge on any atom is 0.228 e. The van der Waals surface area contributed by atoms with Crippen molar-refractivity contribution in [3.8, 4) is 0 Å². The standard InChI is InChI=1S/C10H9FO2S/c1-6(12)10(13)7-3-4-9(14-2)8(11)5-7/h3-5H,1-2H3. The van der Waals surface area contributed by atoms with Gasteiger partial charge in [0.05, 0.1) is 0 Å². The first kappa shape index (κ1) is 10.9. The van der Waals surface area contributed by atoms with Gasteiger partial charge in [-0.1, -0.05) is 0 Å². The third kappa shape index (κ3) is 2.20. The molecule has 0 saturated carbocycles. The van der Waals surface area contributed by atoms with E-state index < -0.39 is 17.4 Å². The van der Waals surface area contributed by atoms with Crippen LogP contribution in [-0.2, 0) is 4.79 Å². The van der Waals surface area contributed by atoms with Crippen molar-refractivity contribution in [3.63, 3.8) is 0 Å². The maximum atomic E-state index is 13.2. The second kappa shape index (κ2) is 4.37. The van der Waals surface area contributed by atoms with E-state index >= 15 is 0 Å². The van der Waals surface area contributed by atoms with Gasteiger partial charge in [0.2, 0.25) is 5.78 Å². The second-order valence-corrected chi connectivity index (χ2v) is 3.58. The molecule has 0 aromatic heterocycles. The van der Waals surface area contributed by atoms with Crippen LogP contribution in [0.3, 0.4) is 0 Å². The molecule has 0 bridgehead atoms. The molecule has 0 N–H and O–H groups in total. The summed E-state index contributed by atoms with van der Waals surface area (Å²) in [5.74, 6) is -1.71. The summed E-state index contributed by atoms with van der Waals surface area (Å²) in [5.41, 5.74) is 0.104. The van der Waals surface area contributed by atoms with Crippen LogP contribution in [0.15, 0.2) is 23.1 Å². The second-order valence-electron chi connectivity index (χ2n) is 2.73. The zero-order valence-corrected chi connectivity index (χ0v) is 8.65. The van der Waals surface area contributed by atoms with Gasteiger partial charge in [-0.25, -0.2) is 4.39 Å². The van der Waals surface area contributed by atoms with Crippen LogP contribution in [0.2, 0.25) is 0 Å². The number of carbonyl (C=O) groups is 2. The van der Waals surface area contributed by atoms with E-state index in [1.165, 1.54) is 30.8 Å². The zero-order chi connectivity index (χ0) is 10.7. The van der Waals surface area contributed by atoms with Gasteiger partial charge < -0.3 is 0 Å². The van der Waals surface area contributed by atoms with Gasteiger partial charge in [-0.05, 0) is 24.5 Å². The van der Waals surface area contributed by atoms with E-state index in [-0.39, 0.29) is 5.56 Å². The van der Waals surface area contributed by atoms with E-state index in [1.807, 2.05) is 0 Å². The summed E-state index contributed by atoms with van der Waals surface area (Å²) in [7, 11) is 0. The Morgan fingerprint density at radius 1 is 1.36 bits per heavy atom. The number of thioether (sulfide) groups is 1. The van der Waals surface area contributed by atoms with Gasteiger partial charge in [0.1, 0.15) is 5.82 Å². The Kier molecular flexibility index (Phi) is 3.41. The highest BCUT2D eigenvalue weighted by molar-refractivity contribution is 7.98. The SMILES string of the molecule is CSc1ccc(C(=O)C(C)=O)cc1F. The van der Waals surface area contributed by atoms with Crippen LogP contribution in [0.4, 0.5) is 4.39 Å². The van der Waals surface area contributed by atoms with Crippen LogP contribution in [0, 0.1) is 5.82 Å². The average molecular weight is 212 g/mol. The minimum Gasteiger partial charge on any atom is -0.291 e. The number of benzene rings is 1. The lowest BCUT2D eigenvalue weighted by Crippen LogP contribution is -2.09. The number of hydrogen-bond donors (Lipinski definition) is 0. The summed E-state index contributed by atoms with van der Waals surface area (Å²) in [4.78, 5) is 22.4. The van der Waals surface area contributed by atoms with Gasteiger partial charge in [0, 0.05) is 17.4 Å². The highest BCUT2D eigenvalue weighted by Gasteiger charge is 2.12. The molecule has 0 unspecified atom stereocenters. The molecule has 2 nitrogen and oxygen atoms in total. The summed E-state index contributed by atoms with van der Waals surface area (Å²) in [6.45, 7) is 1.17. The molecule has 0 saturated heterocycles. The predicted octanol–water partition coefficient (Wildman–Crippen LogP) is 2.32. The molecular formula is C10H9FO2S. The lowest BCUT2D eigenvalue weighted by molar-refractivity contribution is -0.113. The monoisotopic (exact) mass is 212 g/mol. The molecule has 0 heterocycles. The summed E-state index contributed by atoms with van der Waals surface area (Å²) >= 11 is 1.25. The van der Waals surface area contributed by atoms with Gasteiger partial charge >= 0.3 is 0 Å². The molecule has 4 heteroatoms. The number of halogens is 1. The van der Waals surface area contributed by atoms with Crippen molar-refractivity contribution in [2.75, 3.05) is 6.26 Å². The number of hydrogen-bond acceptors (Lipinski definition) is 3. The molecule has 14 heavy (non-hydrogen) atoms. The fourth-order valence-corrected chi connectivity index (χ4v) is 1.47. The summed E-state index contributed by atoms with van der Waals surface area (Å²) in [5, 5.41) is 0. The van der Waals surface area contributed by atoms with Crippen molar-refractivity contribution in [2.45, 2.75) is 11.8 Å². The summed E-state index contributed by atoms with van der Waals surface area (Å²) in [6.07, 6.45) is 1.74. The highest BCUT2D eigenvalue weighted by Crippen LogP contribution is 2.20. The highest BCUT2D eigenvalue weighted by atomic mass is 32.2. The lowest BCUT2D eigenvalue weighted by Gasteiger charge is -2.01. The molecule has 74 valence electrons. The Labute approximate surface area is 85.5 Å². The number of Topliss-reactive ketones (excluding diaryl/α,β-unsaturated/α-hetero) is 2. The minimum absolute atomic E-state index is 0.104. The third-order valence-electron chi connectivity index (χ3n) is 1.73. The van der Waals surface area contributed by atoms with Crippen LogP contribution in [0.25, 0.3) is 0 Å². The molecule has 1 aromatic rings. The van der Waals surface area contributed by atoms with Crippen molar-refractivity contribution < 1.29 is 14.0 Å². The molecular weight excluding hydrogens is 203 g/mol. The van der Waals surface area contributed by atoms with Gasteiger partial charge in [0.25, 0.3) is 0 Å². The van der Waals surface area contributed by atoms with E-state index in [0.717, 1.165) is 6.07 Å². The van der Waals surface area contributed by atoms with Crippen LogP contribution >= 0.6 is 11.8 Å². The Morgan fingerprint density at radius 3 is 2.43 bits per heavy atom. The Morgan fingerprint density at radius 2 is 2.00 bits per heavy atom. The quantitative estimate of drug-likeness (QED) is 0.438. The van der Waals surface area contributed by atoms with Crippen molar-refractivity contribution >= 4 is 23.3 Å². The fourth-order valence-electron chi connectivity index (χ4n) is 1.01. The van der Waals surface area contributed by atoms with Crippen molar-refractivity contribution in [1.29, 1.82) is 0 Å². The predicted molar refractivity (Wildman–Crippen MR) is 53.2 cm³/mol. The largest absolute Gasteiger partial charge is 0.291 e.